The average molecular weight is 262 g/mol. The Kier molecular flexibility index (Phi) is 3.89. The summed E-state index contributed by atoms with van der Waals surface area (Å²) in [5.74, 6) is 1.20. The molecule has 2 unspecified atom stereocenters. The van der Waals surface area contributed by atoms with Crippen molar-refractivity contribution in [3.8, 4) is 0 Å². The van der Waals surface area contributed by atoms with Gasteiger partial charge in [0.2, 0.25) is 0 Å². The summed E-state index contributed by atoms with van der Waals surface area (Å²) in [7, 11) is 0. The van der Waals surface area contributed by atoms with Crippen LogP contribution in [0, 0.1) is 0 Å². The van der Waals surface area contributed by atoms with Crippen molar-refractivity contribution in [2.24, 2.45) is 5.73 Å². The van der Waals surface area contributed by atoms with Crippen molar-refractivity contribution in [3.05, 3.63) is 17.7 Å². The first-order valence-corrected chi connectivity index (χ1v) is 7.81. The number of nitrogens with two attached hydrogens (primary N) is 1. The van der Waals surface area contributed by atoms with Gasteiger partial charge in [0, 0.05) is 37.7 Å². The molecule has 1 saturated heterocycles. The maximum absolute atomic E-state index is 6.03. The second-order valence-corrected chi connectivity index (χ2v) is 6.08. The fourth-order valence-corrected chi connectivity index (χ4v) is 3.56. The summed E-state index contributed by atoms with van der Waals surface area (Å²) in [6.07, 6.45) is 9.48. The van der Waals surface area contributed by atoms with E-state index in [0.717, 1.165) is 25.8 Å². The molecule has 1 fully saturated rings. The highest BCUT2D eigenvalue weighted by Crippen LogP contribution is 2.21. The van der Waals surface area contributed by atoms with Crippen molar-refractivity contribution in [1.82, 2.24) is 14.5 Å². The van der Waals surface area contributed by atoms with Crippen LogP contribution in [0.5, 0.6) is 0 Å². The van der Waals surface area contributed by atoms with Crippen LogP contribution in [0.3, 0.4) is 0 Å². The van der Waals surface area contributed by atoms with E-state index < -0.39 is 0 Å². The lowest BCUT2D eigenvalue weighted by molar-refractivity contribution is 0.154. The number of nitrogens with zero attached hydrogens (tertiary/aromatic N) is 3. The van der Waals surface area contributed by atoms with Gasteiger partial charge in [-0.1, -0.05) is 13.3 Å². The number of likely N-dealkylation sites (tertiary alicyclic amines) is 1. The maximum Gasteiger partial charge on any atom is 0.110 e. The number of likely N-dealkylation sites (N-methyl/N-ethyl adjacent to an activating group) is 1. The van der Waals surface area contributed by atoms with Crippen LogP contribution in [-0.4, -0.2) is 39.6 Å². The van der Waals surface area contributed by atoms with Gasteiger partial charge in [0.05, 0.1) is 5.69 Å². The molecule has 106 valence electrons. The van der Waals surface area contributed by atoms with Gasteiger partial charge in [-0.2, -0.15) is 0 Å². The molecule has 0 aromatic carbocycles. The summed E-state index contributed by atoms with van der Waals surface area (Å²) in [5, 5.41) is 0. The molecule has 0 bridgehead atoms. The molecule has 0 spiro atoms. The van der Waals surface area contributed by atoms with E-state index in [2.05, 4.69) is 22.6 Å². The molecule has 0 radical (unpaired) electrons. The molecule has 0 saturated carbocycles. The predicted octanol–water partition coefficient (Wildman–Crippen LogP) is 1.57. The van der Waals surface area contributed by atoms with Gasteiger partial charge < -0.3 is 15.2 Å². The maximum atomic E-state index is 6.03. The Morgan fingerprint density at radius 1 is 1.32 bits per heavy atom. The Morgan fingerprint density at radius 3 is 3.05 bits per heavy atom. The van der Waals surface area contributed by atoms with Crippen LogP contribution in [-0.2, 0) is 19.4 Å². The first-order chi connectivity index (χ1) is 9.26. The zero-order valence-electron chi connectivity index (χ0n) is 12.0. The molecule has 1 aromatic heterocycles. The number of rotatable bonds is 3. The Bertz CT molecular complexity index is 426. The highest BCUT2D eigenvalue weighted by molar-refractivity contribution is 5.09. The van der Waals surface area contributed by atoms with Crippen molar-refractivity contribution < 1.29 is 0 Å². The van der Waals surface area contributed by atoms with Crippen LogP contribution in [0.1, 0.15) is 44.1 Å². The van der Waals surface area contributed by atoms with Crippen molar-refractivity contribution in [2.45, 2.75) is 64.1 Å². The Balaban J connectivity index is 1.69. The molecule has 2 atom stereocenters. The van der Waals surface area contributed by atoms with Gasteiger partial charge in [-0.05, 0) is 32.4 Å². The van der Waals surface area contributed by atoms with E-state index in [-0.39, 0.29) is 0 Å². The smallest absolute Gasteiger partial charge is 0.110 e. The van der Waals surface area contributed by atoms with Crippen LogP contribution < -0.4 is 5.73 Å². The van der Waals surface area contributed by atoms with E-state index in [1.807, 2.05) is 0 Å². The van der Waals surface area contributed by atoms with Crippen molar-refractivity contribution in [1.29, 1.82) is 0 Å². The molecule has 3 rings (SSSR count). The third-order valence-corrected chi connectivity index (χ3v) is 4.69. The molecule has 2 aliphatic heterocycles. The van der Waals surface area contributed by atoms with Crippen molar-refractivity contribution in [2.75, 3.05) is 13.1 Å². The lowest BCUT2D eigenvalue weighted by Crippen LogP contribution is -2.40. The standard InChI is InChI=1S/C15H26N4/c1-2-18-7-4-3-5-14(18)10-13-11-19-8-6-12(16)9-15(19)17-13/h11-12,14H,2-10,16H2,1H3. The Morgan fingerprint density at radius 2 is 2.21 bits per heavy atom. The van der Waals surface area contributed by atoms with Crippen LogP contribution in [0.25, 0.3) is 0 Å². The summed E-state index contributed by atoms with van der Waals surface area (Å²) in [5.41, 5.74) is 7.30. The monoisotopic (exact) mass is 262 g/mol. The zero-order valence-corrected chi connectivity index (χ0v) is 12.0. The molecule has 19 heavy (non-hydrogen) atoms. The third kappa shape index (κ3) is 2.84. The van der Waals surface area contributed by atoms with Crippen molar-refractivity contribution in [3.63, 3.8) is 0 Å². The predicted molar refractivity (Wildman–Crippen MR) is 77.1 cm³/mol. The van der Waals surface area contributed by atoms with Crippen molar-refractivity contribution >= 4 is 0 Å². The van der Waals surface area contributed by atoms with E-state index in [1.165, 1.54) is 43.9 Å². The molecule has 0 aliphatic carbocycles. The highest BCUT2D eigenvalue weighted by Gasteiger charge is 2.24. The minimum Gasteiger partial charge on any atom is -0.335 e. The van der Waals surface area contributed by atoms with Crippen LogP contribution in [0.4, 0.5) is 0 Å². The fraction of sp³-hybridized carbons (Fsp3) is 0.800. The largest absolute Gasteiger partial charge is 0.335 e. The van der Waals surface area contributed by atoms with Crippen LogP contribution >= 0.6 is 0 Å². The molecular formula is C15H26N4. The van der Waals surface area contributed by atoms with Crippen LogP contribution in [0.15, 0.2) is 6.20 Å². The third-order valence-electron chi connectivity index (χ3n) is 4.69. The SMILES string of the molecule is CCN1CCCCC1Cc1cn2c(n1)CC(N)CC2. The summed E-state index contributed by atoms with van der Waals surface area (Å²) in [6, 6.07) is 1.01. The molecule has 4 heteroatoms. The number of hydrogen-bond acceptors (Lipinski definition) is 3. The summed E-state index contributed by atoms with van der Waals surface area (Å²) < 4.78 is 2.32. The summed E-state index contributed by atoms with van der Waals surface area (Å²) >= 11 is 0. The van der Waals surface area contributed by atoms with Gasteiger partial charge in [-0.15, -0.1) is 0 Å². The topological polar surface area (TPSA) is 47.1 Å². The second kappa shape index (κ2) is 5.63. The molecule has 2 N–H and O–H groups in total. The van der Waals surface area contributed by atoms with Gasteiger partial charge in [-0.3, -0.25) is 0 Å². The fourth-order valence-electron chi connectivity index (χ4n) is 3.56. The first kappa shape index (κ1) is 13.1. The quantitative estimate of drug-likeness (QED) is 0.899. The second-order valence-electron chi connectivity index (χ2n) is 6.08. The number of imidazole rings is 1. The summed E-state index contributed by atoms with van der Waals surface area (Å²) in [4.78, 5) is 7.44. The van der Waals surface area contributed by atoms with Gasteiger partial charge in [0.15, 0.2) is 0 Å². The van der Waals surface area contributed by atoms with Gasteiger partial charge >= 0.3 is 0 Å². The molecule has 0 amide bonds. The zero-order chi connectivity index (χ0) is 13.2. The molecule has 3 heterocycles. The number of hydrogen-bond donors (Lipinski definition) is 1. The van der Waals surface area contributed by atoms with Gasteiger partial charge in [0.1, 0.15) is 5.82 Å². The Hall–Kier alpha value is -0.870. The van der Waals surface area contributed by atoms with E-state index in [1.54, 1.807) is 0 Å². The summed E-state index contributed by atoms with van der Waals surface area (Å²) in [6.45, 7) is 5.75. The number of piperidine rings is 1. The first-order valence-electron chi connectivity index (χ1n) is 7.81. The molecule has 1 aromatic rings. The number of aryl methyl sites for hydroxylation is 1. The van der Waals surface area contributed by atoms with Gasteiger partial charge in [-0.25, -0.2) is 4.98 Å². The average Bonchev–Trinajstić information content (AvgIpc) is 2.80. The Labute approximate surface area is 116 Å². The normalized spacial score (nSPS) is 28.3. The highest BCUT2D eigenvalue weighted by atomic mass is 15.2. The number of aromatic nitrogens is 2. The lowest BCUT2D eigenvalue weighted by atomic mass is 9.98. The molecular weight excluding hydrogens is 236 g/mol. The van der Waals surface area contributed by atoms with E-state index in [9.17, 15) is 0 Å². The molecule has 4 nitrogen and oxygen atoms in total. The van der Waals surface area contributed by atoms with Gasteiger partial charge in [0.25, 0.3) is 0 Å². The van der Waals surface area contributed by atoms with E-state index in [4.69, 9.17) is 10.7 Å². The minimum atomic E-state index is 0.310. The molecule has 2 aliphatic rings. The number of fused-ring (bicyclic) bond motifs is 1. The van der Waals surface area contributed by atoms with Crippen LogP contribution in [0.2, 0.25) is 0 Å². The van der Waals surface area contributed by atoms with E-state index in [0.29, 0.717) is 12.1 Å². The van der Waals surface area contributed by atoms with E-state index >= 15 is 0 Å². The lowest BCUT2D eigenvalue weighted by Gasteiger charge is -2.34. The minimum absolute atomic E-state index is 0.310.